The normalized spacial score (nSPS) is 11.7. The molecule has 2 aromatic carbocycles. The lowest BCUT2D eigenvalue weighted by Gasteiger charge is -2.14. The average Bonchev–Trinajstić information content (AvgIpc) is 2.97. The Kier molecular flexibility index (Phi) is 6.09. The van der Waals surface area contributed by atoms with E-state index < -0.39 is 16.0 Å². The zero-order chi connectivity index (χ0) is 22.1. The van der Waals surface area contributed by atoms with Crippen LogP contribution < -0.4 is 4.72 Å². The predicted octanol–water partition coefficient (Wildman–Crippen LogP) is 3.51. The first-order chi connectivity index (χ1) is 14.1. The Morgan fingerprint density at radius 3 is 2.37 bits per heavy atom. The monoisotopic (exact) mass is 429 g/mol. The molecule has 0 aliphatic rings. The van der Waals surface area contributed by atoms with Crippen molar-refractivity contribution >= 4 is 21.7 Å². The van der Waals surface area contributed by atoms with Gasteiger partial charge < -0.3 is 4.57 Å². The minimum atomic E-state index is -3.71. The predicted molar refractivity (Wildman–Crippen MR) is 115 cm³/mol. The van der Waals surface area contributed by atoms with Crippen LogP contribution in [-0.2, 0) is 23.7 Å². The van der Waals surface area contributed by atoms with Crippen LogP contribution in [0.5, 0.6) is 0 Å². The van der Waals surface area contributed by atoms with Gasteiger partial charge in [-0.1, -0.05) is 36.4 Å². The van der Waals surface area contributed by atoms with E-state index in [1.165, 1.54) is 20.2 Å². The summed E-state index contributed by atoms with van der Waals surface area (Å²) in [6, 6.07) is 15.1. The van der Waals surface area contributed by atoms with Gasteiger partial charge in [-0.2, -0.15) is 12.7 Å². The van der Waals surface area contributed by atoms with Gasteiger partial charge in [0.1, 0.15) is 5.82 Å². The fraction of sp³-hybridized carbons (Fsp3) is 0.227. The highest BCUT2D eigenvalue weighted by Gasteiger charge is 2.19. The number of hydrogen-bond donors (Lipinski definition) is 1. The zero-order valence-corrected chi connectivity index (χ0v) is 18.1. The van der Waals surface area contributed by atoms with Crippen molar-refractivity contribution < 1.29 is 17.6 Å². The van der Waals surface area contributed by atoms with Crippen molar-refractivity contribution in [3.8, 4) is 0 Å². The number of nitrogens with one attached hydrogen (secondary N) is 1. The van der Waals surface area contributed by atoms with Crippen LogP contribution in [0.2, 0.25) is 0 Å². The van der Waals surface area contributed by atoms with Crippen molar-refractivity contribution in [1.29, 1.82) is 0 Å². The first-order valence-corrected chi connectivity index (χ1v) is 10.8. The smallest absolute Gasteiger partial charge is 0.301 e. The summed E-state index contributed by atoms with van der Waals surface area (Å²) in [5.74, 6) is -0.612. The highest BCUT2D eigenvalue weighted by molar-refractivity contribution is 7.90. The number of carbonyl (C=O) groups excluding carboxylic acids is 1. The highest BCUT2D eigenvalue weighted by atomic mass is 32.2. The molecule has 8 heteroatoms. The van der Waals surface area contributed by atoms with Crippen LogP contribution in [0, 0.1) is 12.7 Å². The molecule has 3 rings (SSSR count). The summed E-state index contributed by atoms with van der Waals surface area (Å²) in [4.78, 5) is 12.9. The maximum Gasteiger partial charge on any atom is 0.301 e. The number of nitrogens with zero attached hydrogens (tertiary/aromatic N) is 2. The maximum atomic E-state index is 14.7. The van der Waals surface area contributed by atoms with E-state index in [0.717, 1.165) is 21.6 Å². The Bertz CT molecular complexity index is 1190. The number of anilines is 1. The van der Waals surface area contributed by atoms with Crippen LogP contribution in [0.25, 0.3) is 0 Å². The van der Waals surface area contributed by atoms with Gasteiger partial charge in [-0.3, -0.25) is 9.52 Å². The molecule has 0 radical (unpaired) electrons. The first-order valence-electron chi connectivity index (χ1n) is 9.34. The van der Waals surface area contributed by atoms with Gasteiger partial charge in [0, 0.05) is 38.8 Å². The number of rotatable bonds is 7. The van der Waals surface area contributed by atoms with Crippen molar-refractivity contribution in [2.75, 3.05) is 18.8 Å². The molecule has 0 saturated heterocycles. The van der Waals surface area contributed by atoms with E-state index in [4.69, 9.17) is 0 Å². The molecule has 158 valence electrons. The van der Waals surface area contributed by atoms with Crippen molar-refractivity contribution in [3.05, 3.63) is 88.5 Å². The minimum absolute atomic E-state index is 0.0873. The fourth-order valence-corrected chi connectivity index (χ4v) is 3.85. The molecule has 0 spiro atoms. The zero-order valence-electron chi connectivity index (χ0n) is 17.3. The Morgan fingerprint density at radius 2 is 1.77 bits per heavy atom. The third-order valence-corrected chi connectivity index (χ3v) is 6.38. The Hall–Kier alpha value is -2.97. The van der Waals surface area contributed by atoms with E-state index in [2.05, 4.69) is 4.72 Å². The molecule has 0 aliphatic carbocycles. The van der Waals surface area contributed by atoms with E-state index in [9.17, 15) is 17.6 Å². The lowest BCUT2D eigenvalue weighted by molar-refractivity contribution is 0.103. The molecule has 0 saturated carbocycles. The van der Waals surface area contributed by atoms with Crippen molar-refractivity contribution in [1.82, 2.24) is 8.87 Å². The molecule has 1 heterocycles. The van der Waals surface area contributed by atoms with Crippen LogP contribution in [0.1, 0.15) is 32.9 Å². The molecule has 30 heavy (non-hydrogen) atoms. The third-order valence-electron chi connectivity index (χ3n) is 4.93. The molecule has 0 unspecified atom stereocenters. The lowest BCUT2D eigenvalue weighted by atomic mass is 10.1. The van der Waals surface area contributed by atoms with Gasteiger partial charge in [0.2, 0.25) is 5.78 Å². The van der Waals surface area contributed by atoms with Gasteiger partial charge in [0.15, 0.2) is 0 Å². The summed E-state index contributed by atoms with van der Waals surface area (Å²) in [6.45, 7) is 1.86. The summed E-state index contributed by atoms with van der Waals surface area (Å²) in [7, 11) is 0.854. The number of aromatic nitrogens is 1. The minimum Gasteiger partial charge on any atom is -0.344 e. The summed E-state index contributed by atoms with van der Waals surface area (Å²) in [5.41, 5.74) is 3.31. The molecule has 0 amide bonds. The molecule has 0 fully saturated rings. The van der Waals surface area contributed by atoms with Gasteiger partial charge in [-0.05, 0) is 36.2 Å². The molecule has 6 nitrogen and oxygen atoms in total. The van der Waals surface area contributed by atoms with Crippen LogP contribution in [0.3, 0.4) is 0 Å². The number of hydrogen-bond acceptors (Lipinski definition) is 3. The van der Waals surface area contributed by atoms with Crippen LogP contribution >= 0.6 is 0 Å². The maximum absolute atomic E-state index is 14.7. The number of benzene rings is 2. The van der Waals surface area contributed by atoms with Crippen molar-refractivity contribution in [2.45, 2.75) is 13.3 Å². The highest BCUT2D eigenvalue weighted by Crippen LogP contribution is 2.23. The van der Waals surface area contributed by atoms with E-state index in [0.29, 0.717) is 16.8 Å². The van der Waals surface area contributed by atoms with Crippen LogP contribution in [0.4, 0.5) is 10.1 Å². The Morgan fingerprint density at radius 1 is 1.10 bits per heavy atom. The average molecular weight is 430 g/mol. The van der Waals surface area contributed by atoms with Gasteiger partial charge >= 0.3 is 10.2 Å². The molecule has 0 bridgehead atoms. The Balaban J connectivity index is 1.86. The second kappa shape index (κ2) is 8.41. The van der Waals surface area contributed by atoms with Crippen molar-refractivity contribution in [2.24, 2.45) is 7.05 Å². The Labute approximate surface area is 176 Å². The van der Waals surface area contributed by atoms with E-state index >= 15 is 0 Å². The first kappa shape index (κ1) is 21.7. The van der Waals surface area contributed by atoms with Gasteiger partial charge in [-0.25, -0.2) is 4.39 Å². The van der Waals surface area contributed by atoms with Crippen molar-refractivity contribution in [3.63, 3.8) is 0 Å². The second-order valence-electron chi connectivity index (χ2n) is 7.29. The standard InChI is InChI=1S/C22H24FN3O3S/c1-15-12-19(26(4)21(15)22(27)16-8-6-5-7-9-16)13-17-10-11-18(14-20(17)23)24-30(28,29)25(2)3/h5-12,14,24H,13H2,1-4H3. The number of aryl methyl sites for hydroxylation is 1. The molecule has 0 aliphatic heterocycles. The number of halogens is 1. The topological polar surface area (TPSA) is 71.4 Å². The summed E-state index contributed by atoms with van der Waals surface area (Å²) >= 11 is 0. The molecule has 1 aromatic heterocycles. The molecular weight excluding hydrogens is 405 g/mol. The molecule has 3 aromatic rings. The van der Waals surface area contributed by atoms with Crippen LogP contribution in [-0.4, -0.2) is 37.2 Å². The van der Waals surface area contributed by atoms with E-state index in [1.54, 1.807) is 29.8 Å². The number of carbonyl (C=O) groups is 1. The van der Waals surface area contributed by atoms with Gasteiger partial charge in [0.25, 0.3) is 0 Å². The lowest BCUT2D eigenvalue weighted by Crippen LogP contribution is -2.28. The summed E-state index contributed by atoms with van der Waals surface area (Å²) in [6.07, 6.45) is 0.270. The quantitative estimate of drug-likeness (QED) is 0.584. The number of ketones is 1. The van der Waals surface area contributed by atoms with Gasteiger partial charge in [0.05, 0.1) is 11.4 Å². The van der Waals surface area contributed by atoms with E-state index in [-0.39, 0.29) is 17.9 Å². The largest absolute Gasteiger partial charge is 0.344 e. The van der Waals surface area contributed by atoms with Crippen LogP contribution in [0.15, 0.2) is 54.6 Å². The van der Waals surface area contributed by atoms with Gasteiger partial charge in [-0.15, -0.1) is 0 Å². The van der Waals surface area contributed by atoms with E-state index in [1.807, 2.05) is 31.2 Å². The SMILES string of the molecule is Cc1cc(Cc2ccc(NS(=O)(=O)N(C)C)cc2F)n(C)c1C(=O)c1ccccc1. The molecule has 1 N–H and O–H groups in total. The second-order valence-corrected chi connectivity index (χ2v) is 9.18. The molecule has 0 atom stereocenters. The molecular formula is C22H24FN3O3S. The summed E-state index contributed by atoms with van der Waals surface area (Å²) in [5, 5.41) is 0. The summed E-state index contributed by atoms with van der Waals surface area (Å²) < 4.78 is 43.6. The fourth-order valence-electron chi connectivity index (χ4n) is 3.24. The third kappa shape index (κ3) is 4.44.